The standard InChI is InChI=1S/C9H18N2O/c1-8(9(10)12)7-11-5-3-2-4-6-11/h9,12H,1-7,10H2. The van der Waals surface area contributed by atoms with Gasteiger partial charge in [-0.25, -0.2) is 0 Å². The van der Waals surface area contributed by atoms with Crippen molar-refractivity contribution < 1.29 is 5.11 Å². The zero-order chi connectivity index (χ0) is 8.97. The van der Waals surface area contributed by atoms with Crippen molar-refractivity contribution in [3.63, 3.8) is 0 Å². The van der Waals surface area contributed by atoms with E-state index in [1.54, 1.807) is 0 Å². The van der Waals surface area contributed by atoms with Gasteiger partial charge in [0.05, 0.1) is 0 Å². The summed E-state index contributed by atoms with van der Waals surface area (Å²) in [4.78, 5) is 2.29. The minimum absolute atomic E-state index is 0.719. The van der Waals surface area contributed by atoms with Gasteiger partial charge in [0.25, 0.3) is 0 Å². The molecule has 0 aromatic heterocycles. The molecule has 1 atom stereocenters. The number of hydrogen-bond acceptors (Lipinski definition) is 3. The first-order chi connectivity index (χ1) is 5.70. The summed E-state index contributed by atoms with van der Waals surface area (Å²) < 4.78 is 0. The first kappa shape index (κ1) is 9.71. The summed E-state index contributed by atoms with van der Waals surface area (Å²) in [6, 6.07) is 0. The molecule has 0 aliphatic carbocycles. The van der Waals surface area contributed by atoms with Crippen LogP contribution in [0.4, 0.5) is 0 Å². The topological polar surface area (TPSA) is 49.5 Å². The summed E-state index contributed by atoms with van der Waals surface area (Å²) in [6.07, 6.45) is 2.99. The molecule has 1 aliphatic heterocycles. The summed E-state index contributed by atoms with van der Waals surface area (Å²) >= 11 is 0. The fraction of sp³-hybridized carbons (Fsp3) is 0.778. The maximum absolute atomic E-state index is 9.00. The lowest BCUT2D eigenvalue weighted by Crippen LogP contribution is -2.35. The SMILES string of the molecule is C=C(CN1CCCCC1)C(N)O. The molecule has 1 saturated heterocycles. The smallest absolute Gasteiger partial charge is 0.125 e. The van der Waals surface area contributed by atoms with Crippen molar-refractivity contribution in [3.05, 3.63) is 12.2 Å². The average molecular weight is 170 g/mol. The van der Waals surface area contributed by atoms with Crippen LogP contribution in [0.1, 0.15) is 19.3 Å². The highest BCUT2D eigenvalue weighted by Crippen LogP contribution is 2.10. The molecule has 12 heavy (non-hydrogen) atoms. The van der Waals surface area contributed by atoms with E-state index in [1.165, 1.54) is 19.3 Å². The Morgan fingerprint density at radius 2 is 2.00 bits per heavy atom. The second kappa shape index (κ2) is 4.60. The highest BCUT2D eigenvalue weighted by molar-refractivity contribution is 5.02. The first-order valence-electron chi connectivity index (χ1n) is 4.54. The Balaban J connectivity index is 2.24. The van der Waals surface area contributed by atoms with Crippen LogP contribution in [0.15, 0.2) is 12.2 Å². The number of likely N-dealkylation sites (tertiary alicyclic amines) is 1. The van der Waals surface area contributed by atoms with Crippen LogP contribution < -0.4 is 5.73 Å². The molecule has 3 heteroatoms. The highest BCUT2D eigenvalue weighted by Gasteiger charge is 2.12. The van der Waals surface area contributed by atoms with Crippen LogP contribution in [0.3, 0.4) is 0 Å². The molecule has 3 N–H and O–H groups in total. The molecule has 0 bridgehead atoms. The van der Waals surface area contributed by atoms with Gasteiger partial charge in [-0.05, 0) is 31.5 Å². The predicted molar refractivity (Wildman–Crippen MR) is 49.6 cm³/mol. The fourth-order valence-electron chi connectivity index (χ4n) is 1.50. The van der Waals surface area contributed by atoms with Crippen LogP contribution in [0.25, 0.3) is 0 Å². The Labute approximate surface area is 73.9 Å². The average Bonchev–Trinajstić information content (AvgIpc) is 2.06. The highest BCUT2D eigenvalue weighted by atomic mass is 16.3. The zero-order valence-corrected chi connectivity index (χ0v) is 7.50. The minimum atomic E-state index is -0.855. The molecule has 1 heterocycles. The maximum Gasteiger partial charge on any atom is 0.125 e. The largest absolute Gasteiger partial charge is 0.375 e. The number of aliphatic hydroxyl groups excluding tert-OH is 1. The number of hydrogen-bond donors (Lipinski definition) is 2. The second-order valence-electron chi connectivity index (χ2n) is 3.44. The van der Waals surface area contributed by atoms with Crippen molar-refractivity contribution in [1.29, 1.82) is 0 Å². The van der Waals surface area contributed by atoms with E-state index in [9.17, 15) is 0 Å². The van der Waals surface area contributed by atoms with Gasteiger partial charge in [-0.2, -0.15) is 0 Å². The predicted octanol–water partition coefficient (Wildman–Crippen LogP) is 0.306. The van der Waals surface area contributed by atoms with Crippen molar-refractivity contribution in [2.45, 2.75) is 25.5 Å². The molecule has 0 aromatic carbocycles. The lowest BCUT2D eigenvalue weighted by atomic mass is 10.1. The molecule has 1 fully saturated rings. The Bertz CT molecular complexity index is 151. The quantitative estimate of drug-likeness (QED) is 0.473. The Kier molecular flexibility index (Phi) is 3.72. The van der Waals surface area contributed by atoms with Gasteiger partial charge in [-0.3, -0.25) is 4.90 Å². The van der Waals surface area contributed by atoms with E-state index in [-0.39, 0.29) is 0 Å². The van der Waals surface area contributed by atoms with Crippen molar-refractivity contribution in [2.75, 3.05) is 19.6 Å². The van der Waals surface area contributed by atoms with Gasteiger partial charge >= 0.3 is 0 Å². The van der Waals surface area contributed by atoms with Gasteiger partial charge in [-0.15, -0.1) is 0 Å². The molecule has 70 valence electrons. The molecule has 0 radical (unpaired) electrons. The summed E-state index contributed by atoms with van der Waals surface area (Å²) in [7, 11) is 0. The summed E-state index contributed by atoms with van der Waals surface area (Å²) in [5.41, 5.74) is 6.00. The minimum Gasteiger partial charge on any atom is -0.375 e. The van der Waals surface area contributed by atoms with Crippen LogP contribution in [0, 0.1) is 0 Å². The molecule has 0 aromatic rings. The summed E-state index contributed by atoms with van der Waals surface area (Å²) in [6.45, 7) is 6.71. The van der Waals surface area contributed by atoms with E-state index in [2.05, 4.69) is 11.5 Å². The van der Waals surface area contributed by atoms with Gasteiger partial charge in [0, 0.05) is 6.54 Å². The maximum atomic E-state index is 9.00. The van der Waals surface area contributed by atoms with Crippen LogP contribution >= 0.6 is 0 Å². The van der Waals surface area contributed by atoms with Crippen molar-refractivity contribution in [1.82, 2.24) is 4.90 Å². The van der Waals surface area contributed by atoms with Crippen molar-refractivity contribution >= 4 is 0 Å². The van der Waals surface area contributed by atoms with Crippen molar-refractivity contribution in [2.24, 2.45) is 5.73 Å². The monoisotopic (exact) mass is 170 g/mol. The van der Waals surface area contributed by atoms with E-state index in [4.69, 9.17) is 10.8 Å². The number of nitrogens with zero attached hydrogens (tertiary/aromatic N) is 1. The molecule has 0 amide bonds. The van der Waals surface area contributed by atoms with E-state index in [0.29, 0.717) is 0 Å². The lowest BCUT2D eigenvalue weighted by Gasteiger charge is -2.27. The van der Waals surface area contributed by atoms with Gasteiger partial charge in [0.15, 0.2) is 0 Å². The first-order valence-corrected chi connectivity index (χ1v) is 4.54. The Hall–Kier alpha value is -0.380. The van der Waals surface area contributed by atoms with E-state index < -0.39 is 6.23 Å². The molecule has 1 aliphatic rings. The summed E-state index contributed by atoms with van der Waals surface area (Å²) in [5, 5.41) is 9.00. The number of rotatable bonds is 3. The number of aliphatic hydroxyl groups is 1. The summed E-state index contributed by atoms with van der Waals surface area (Å²) in [5.74, 6) is 0. The molecule has 3 nitrogen and oxygen atoms in total. The third kappa shape index (κ3) is 2.93. The van der Waals surface area contributed by atoms with E-state index in [1.807, 2.05) is 0 Å². The molecule has 1 unspecified atom stereocenters. The Morgan fingerprint density at radius 3 is 2.50 bits per heavy atom. The van der Waals surface area contributed by atoms with Gasteiger partial charge in [0.2, 0.25) is 0 Å². The molecule has 0 saturated carbocycles. The van der Waals surface area contributed by atoms with Crippen LogP contribution in [-0.4, -0.2) is 35.9 Å². The molecule has 1 rings (SSSR count). The fourth-order valence-corrected chi connectivity index (χ4v) is 1.50. The van der Waals surface area contributed by atoms with Gasteiger partial charge < -0.3 is 10.8 Å². The van der Waals surface area contributed by atoms with Gasteiger partial charge in [0.1, 0.15) is 6.23 Å². The number of nitrogens with two attached hydrogens (primary N) is 1. The normalized spacial score (nSPS) is 22.2. The van der Waals surface area contributed by atoms with Crippen LogP contribution in [0.5, 0.6) is 0 Å². The van der Waals surface area contributed by atoms with E-state index >= 15 is 0 Å². The Morgan fingerprint density at radius 1 is 1.42 bits per heavy atom. The third-order valence-corrected chi connectivity index (χ3v) is 2.29. The number of piperidine rings is 1. The molecular weight excluding hydrogens is 152 g/mol. The van der Waals surface area contributed by atoms with E-state index in [0.717, 1.165) is 25.2 Å². The third-order valence-electron chi connectivity index (χ3n) is 2.29. The van der Waals surface area contributed by atoms with Gasteiger partial charge in [-0.1, -0.05) is 13.0 Å². The zero-order valence-electron chi connectivity index (χ0n) is 7.50. The lowest BCUT2D eigenvalue weighted by molar-refractivity contribution is 0.187. The molecule has 0 spiro atoms. The second-order valence-corrected chi connectivity index (χ2v) is 3.44. The van der Waals surface area contributed by atoms with Crippen LogP contribution in [0.2, 0.25) is 0 Å². The van der Waals surface area contributed by atoms with Crippen LogP contribution in [-0.2, 0) is 0 Å². The molecular formula is C9H18N2O. The van der Waals surface area contributed by atoms with Crippen molar-refractivity contribution in [3.8, 4) is 0 Å².